The summed E-state index contributed by atoms with van der Waals surface area (Å²) in [5.74, 6) is -0.303. The topological polar surface area (TPSA) is 80.4 Å². The van der Waals surface area contributed by atoms with Crippen molar-refractivity contribution >= 4 is 10.1 Å². The van der Waals surface area contributed by atoms with Gasteiger partial charge >= 0.3 is 0 Å². The summed E-state index contributed by atoms with van der Waals surface area (Å²) < 4.78 is 29.5. The average Bonchev–Trinajstić information content (AvgIpc) is 2.14. The first-order chi connectivity index (χ1) is 6.49. The molecule has 0 heterocycles. The van der Waals surface area contributed by atoms with Crippen LogP contribution in [0.2, 0.25) is 0 Å². The molecule has 0 aliphatic carbocycles. The molecule has 0 spiro atoms. The Morgan fingerprint density at radius 3 is 2.36 bits per heavy atom. The Morgan fingerprint density at radius 1 is 1.29 bits per heavy atom. The molecule has 1 unspecified atom stereocenters. The van der Waals surface area contributed by atoms with Gasteiger partial charge in [-0.05, 0) is 12.0 Å². The Bertz CT molecular complexity index is 374. The van der Waals surface area contributed by atoms with Gasteiger partial charge in [-0.15, -0.1) is 0 Å². The van der Waals surface area contributed by atoms with E-state index in [0.29, 0.717) is 0 Å². The maximum Gasteiger partial charge on any atom is 0.264 e. The lowest BCUT2D eigenvalue weighted by molar-refractivity contribution is 0.477. The van der Waals surface area contributed by atoms with Crippen molar-refractivity contribution in [3.8, 4) is 0 Å². The maximum atomic E-state index is 10.5. The van der Waals surface area contributed by atoms with Gasteiger partial charge in [0.25, 0.3) is 10.1 Å². The summed E-state index contributed by atoms with van der Waals surface area (Å²) >= 11 is 0. The first-order valence-corrected chi connectivity index (χ1v) is 5.85. The van der Waals surface area contributed by atoms with Crippen molar-refractivity contribution in [2.45, 2.75) is 12.5 Å². The van der Waals surface area contributed by atoms with Crippen molar-refractivity contribution < 1.29 is 13.0 Å². The highest BCUT2D eigenvalue weighted by molar-refractivity contribution is 7.85. The predicted octanol–water partition coefficient (Wildman–Crippen LogP) is 0.964. The van der Waals surface area contributed by atoms with Crippen LogP contribution in [0.1, 0.15) is 18.0 Å². The van der Waals surface area contributed by atoms with E-state index in [-0.39, 0.29) is 18.2 Å². The Hall–Kier alpha value is -0.910. The molecule has 1 aromatic rings. The molecule has 5 heteroatoms. The van der Waals surface area contributed by atoms with Gasteiger partial charge in [0.2, 0.25) is 0 Å². The fraction of sp³-hybridized carbons (Fsp3) is 0.333. The molecular weight excluding hydrogens is 202 g/mol. The summed E-state index contributed by atoms with van der Waals surface area (Å²) in [7, 11) is -3.91. The van der Waals surface area contributed by atoms with E-state index in [9.17, 15) is 8.42 Å². The van der Waals surface area contributed by atoms with Gasteiger partial charge in [0, 0.05) is 6.04 Å². The van der Waals surface area contributed by atoms with Crippen LogP contribution in [0, 0.1) is 0 Å². The van der Waals surface area contributed by atoms with Crippen LogP contribution < -0.4 is 5.73 Å². The minimum Gasteiger partial charge on any atom is -0.324 e. The van der Waals surface area contributed by atoms with Crippen LogP contribution in [-0.2, 0) is 10.1 Å². The molecule has 4 nitrogen and oxygen atoms in total. The number of hydrogen-bond donors (Lipinski definition) is 2. The molecule has 3 N–H and O–H groups in total. The summed E-state index contributed by atoms with van der Waals surface area (Å²) in [6.07, 6.45) is 0.225. The second-order valence-electron chi connectivity index (χ2n) is 3.09. The van der Waals surface area contributed by atoms with E-state index in [4.69, 9.17) is 10.3 Å². The standard InChI is InChI=1S/C9H13NO3S/c10-9(6-7-14(11,12)13)8-4-2-1-3-5-8/h1-5,9H,6-7,10H2,(H,11,12,13). The van der Waals surface area contributed by atoms with Gasteiger partial charge in [0.05, 0.1) is 5.75 Å². The molecule has 14 heavy (non-hydrogen) atoms. The van der Waals surface area contributed by atoms with Gasteiger partial charge < -0.3 is 5.73 Å². The summed E-state index contributed by atoms with van der Waals surface area (Å²) in [4.78, 5) is 0. The lowest BCUT2D eigenvalue weighted by atomic mass is 10.1. The van der Waals surface area contributed by atoms with Gasteiger partial charge in [-0.2, -0.15) is 8.42 Å². The van der Waals surface area contributed by atoms with Crippen molar-refractivity contribution in [2.24, 2.45) is 5.73 Å². The van der Waals surface area contributed by atoms with Gasteiger partial charge in [-0.1, -0.05) is 30.3 Å². The third-order valence-corrected chi connectivity index (χ3v) is 2.67. The van der Waals surface area contributed by atoms with Gasteiger partial charge in [-0.25, -0.2) is 0 Å². The predicted molar refractivity (Wildman–Crippen MR) is 54.4 cm³/mol. The number of rotatable bonds is 4. The molecule has 0 saturated heterocycles. The summed E-state index contributed by atoms with van der Waals surface area (Å²) in [6, 6.07) is 8.84. The first-order valence-electron chi connectivity index (χ1n) is 4.25. The van der Waals surface area contributed by atoms with Crippen LogP contribution in [0.3, 0.4) is 0 Å². The van der Waals surface area contributed by atoms with Crippen molar-refractivity contribution in [1.29, 1.82) is 0 Å². The van der Waals surface area contributed by atoms with Crippen LogP contribution in [0.5, 0.6) is 0 Å². The molecule has 0 fully saturated rings. The molecule has 0 radical (unpaired) electrons. The molecule has 0 amide bonds. The van der Waals surface area contributed by atoms with Crippen molar-refractivity contribution in [1.82, 2.24) is 0 Å². The first kappa shape index (κ1) is 11.2. The molecular formula is C9H13NO3S. The normalized spacial score (nSPS) is 13.9. The smallest absolute Gasteiger partial charge is 0.264 e. The van der Waals surface area contributed by atoms with Gasteiger partial charge in [-0.3, -0.25) is 4.55 Å². The molecule has 1 aromatic carbocycles. The van der Waals surface area contributed by atoms with E-state index < -0.39 is 10.1 Å². The molecule has 0 aliphatic heterocycles. The molecule has 0 bridgehead atoms. The number of nitrogens with two attached hydrogens (primary N) is 1. The zero-order valence-electron chi connectivity index (χ0n) is 7.63. The van der Waals surface area contributed by atoms with Crippen LogP contribution in [0.15, 0.2) is 30.3 Å². The molecule has 0 saturated carbocycles. The average molecular weight is 215 g/mol. The summed E-state index contributed by atoms with van der Waals surface area (Å²) in [5.41, 5.74) is 6.60. The van der Waals surface area contributed by atoms with Crippen molar-refractivity contribution in [2.75, 3.05) is 5.75 Å². The van der Waals surface area contributed by atoms with E-state index in [1.807, 2.05) is 30.3 Å². The van der Waals surface area contributed by atoms with Crippen molar-refractivity contribution in [3.63, 3.8) is 0 Å². The number of benzene rings is 1. The fourth-order valence-corrected chi connectivity index (χ4v) is 1.69. The Balaban J connectivity index is 2.56. The lowest BCUT2D eigenvalue weighted by Crippen LogP contribution is -2.15. The summed E-state index contributed by atoms with van der Waals surface area (Å²) in [6.45, 7) is 0. The minimum absolute atomic E-state index is 0.225. The maximum absolute atomic E-state index is 10.5. The zero-order valence-corrected chi connectivity index (χ0v) is 8.44. The van der Waals surface area contributed by atoms with Crippen molar-refractivity contribution in [3.05, 3.63) is 35.9 Å². The highest BCUT2D eigenvalue weighted by Crippen LogP contribution is 2.13. The van der Waals surface area contributed by atoms with Gasteiger partial charge in [0.1, 0.15) is 0 Å². The second-order valence-corrected chi connectivity index (χ2v) is 4.66. The zero-order chi connectivity index (χ0) is 10.6. The highest BCUT2D eigenvalue weighted by atomic mass is 32.2. The molecule has 1 atom stereocenters. The Morgan fingerprint density at radius 2 is 1.86 bits per heavy atom. The largest absolute Gasteiger partial charge is 0.324 e. The quantitative estimate of drug-likeness (QED) is 0.733. The van der Waals surface area contributed by atoms with E-state index >= 15 is 0 Å². The third-order valence-electron chi connectivity index (χ3n) is 1.91. The number of hydrogen-bond acceptors (Lipinski definition) is 3. The Kier molecular flexibility index (Phi) is 3.62. The monoisotopic (exact) mass is 215 g/mol. The minimum atomic E-state index is -3.91. The summed E-state index contributed by atoms with van der Waals surface area (Å²) in [5, 5.41) is 0. The Labute approximate surface area is 83.5 Å². The second kappa shape index (κ2) is 4.54. The van der Waals surface area contributed by atoms with Crippen LogP contribution in [0.4, 0.5) is 0 Å². The van der Waals surface area contributed by atoms with E-state index in [2.05, 4.69) is 0 Å². The lowest BCUT2D eigenvalue weighted by Gasteiger charge is -2.10. The van der Waals surface area contributed by atoms with Gasteiger partial charge in [0.15, 0.2) is 0 Å². The SMILES string of the molecule is NC(CCS(=O)(=O)O)c1ccccc1. The van der Waals surface area contributed by atoms with E-state index in [0.717, 1.165) is 5.56 Å². The molecule has 0 aliphatic rings. The molecule has 0 aromatic heterocycles. The van der Waals surface area contributed by atoms with Crippen LogP contribution in [-0.4, -0.2) is 18.7 Å². The van der Waals surface area contributed by atoms with Crippen LogP contribution in [0.25, 0.3) is 0 Å². The van der Waals surface area contributed by atoms with E-state index in [1.54, 1.807) is 0 Å². The van der Waals surface area contributed by atoms with Crippen LogP contribution >= 0.6 is 0 Å². The highest BCUT2D eigenvalue weighted by Gasteiger charge is 2.10. The fourth-order valence-electron chi connectivity index (χ4n) is 1.14. The molecule has 1 rings (SSSR count). The third kappa shape index (κ3) is 3.87. The molecule has 78 valence electrons. The van der Waals surface area contributed by atoms with E-state index in [1.165, 1.54) is 0 Å².